The van der Waals surface area contributed by atoms with Gasteiger partial charge in [0.05, 0.1) is 51.2 Å². The zero-order chi connectivity index (χ0) is 21.4. The zero-order valence-corrected chi connectivity index (χ0v) is 18.5. The van der Waals surface area contributed by atoms with E-state index >= 15 is 0 Å². The predicted molar refractivity (Wildman–Crippen MR) is 113 cm³/mol. The summed E-state index contributed by atoms with van der Waals surface area (Å²) in [6.45, 7) is 2.70. The Bertz CT molecular complexity index is 938. The average molecular weight is 421 g/mol. The highest BCUT2D eigenvalue weighted by molar-refractivity contribution is 7.92. The molecule has 2 aromatic carbocycles. The van der Waals surface area contributed by atoms with Gasteiger partial charge >= 0.3 is 0 Å². The molecular formula is C22H32N2O4S+2. The number of benzene rings is 2. The van der Waals surface area contributed by atoms with E-state index in [0.717, 1.165) is 22.3 Å². The molecule has 0 atom stereocenters. The van der Waals surface area contributed by atoms with Crippen LogP contribution in [0.4, 0.5) is 0 Å². The smallest absolute Gasteiger partial charge is 0.207 e. The molecule has 29 heavy (non-hydrogen) atoms. The van der Waals surface area contributed by atoms with E-state index in [4.69, 9.17) is 0 Å². The van der Waals surface area contributed by atoms with Crippen LogP contribution in [0, 0.1) is 0 Å². The number of hydrogen-bond acceptors (Lipinski definition) is 4. The second-order valence-corrected chi connectivity index (χ2v) is 11.1. The summed E-state index contributed by atoms with van der Waals surface area (Å²) in [5, 5.41) is 18.5. The highest BCUT2D eigenvalue weighted by Crippen LogP contribution is 2.44. The second kappa shape index (κ2) is 7.81. The topological polar surface area (TPSA) is 74.6 Å². The van der Waals surface area contributed by atoms with E-state index in [1.807, 2.05) is 52.5 Å². The molecule has 0 saturated heterocycles. The van der Waals surface area contributed by atoms with Crippen molar-refractivity contribution in [3.8, 4) is 11.1 Å². The Morgan fingerprint density at radius 2 is 1.10 bits per heavy atom. The third-order valence-corrected chi connectivity index (χ3v) is 7.43. The summed E-state index contributed by atoms with van der Waals surface area (Å²) >= 11 is 0. The first-order valence-corrected chi connectivity index (χ1v) is 11.3. The largest absolute Gasteiger partial charge is 0.391 e. The van der Waals surface area contributed by atoms with Crippen LogP contribution in [-0.2, 0) is 22.9 Å². The first-order chi connectivity index (χ1) is 13.5. The van der Waals surface area contributed by atoms with Crippen molar-refractivity contribution in [3.05, 3.63) is 47.5 Å². The first kappa shape index (κ1) is 21.9. The van der Waals surface area contributed by atoms with Gasteiger partial charge in [-0.15, -0.1) is 0 Å². The van der Waals surface area contributed by atoms with Gasteiger partial charge in [-0.05, 0) is 12.1 Å². The van der Waals surface area contributed by atoms with Gasteiger partial charge in [0, 0.05) is 22.3 Å². The van der Waals surface area contributed by atoms with Gasteiger partial charge in [-0.3, -0.25) is 0 Å². The SMILES string of the molecule is C[N+](C)(CCO)Cc1ccc2c(c1)S(=O)(=O)c1cc(C[N+](C)(C)CCO)ccc1-2. The Morgan fingerprint density at radius 3 is 1.45 bits per heavy atom. The summed E-state index contributed by atoms with van der Waals surface area (Å²) in [6, 6.07) is 11.3. The lowest BCUT2D eigenvalue weighted by Crippen LogP contribution is -2.41. The first-order valence-electron chi connectivity index (χ1n) is 9.86. The summed E-state index contributed by atoms with van der Waals surface area (Å²) in [4.78, 5) is 0.741. The van der Waals surface area contributed by atoms with Crippen molar-refractivity contribution in [3.63, 3.8) is 0 Å². The van der Waals surface area contributed by atoms with Crippen molar-refractivity contribution in [2.45, 2.75) is 22.9 Å². The van der Waals surface area contributed by atoms with Gasteiger partial charge in [0.25, 0.3) is 0 Å². The van der Waals surface area contributed by atoms with Crippen LogP contribution in [0.25, 0.3) is 11.1 Å². The standard InChI is InChI=1S/C22H32N2O4S/c1-23(2,9-11-25)15-17-5-7-19-20-8-6-18(16-24(3,4)10-12-26)14-22(20)29(27,28)21(19)13-17/h5-8,13-14,25-26H,9-12,15-16H2,1-4H3/q+2. The number of hydrogen-bond donors (Lipinski definition) is 2. The number of likely N-dealkylation sites (N-methyl/N-ethyl adjacent to an activating group) is 2. The molecule has 0 aliphatic carbocycles. The van der Waals surface area contributed by atoms with Crippen molar-refractivity contribution in [2.24, 2.45) is 0 Å². The minimum absolute atomic E-state index is 0.0929. The molecule has 1 aliphatic heterocycles. The van der Waals surface area contributed by atoms with E-state index in [2.05, 4.69) is 0 Å². The fourth-order valence-electron chi connectivity index (χ4n) is 4.03. The lowest BCUT2D eigenvalue weighted by atomic mass is 10.0. The van der Waals surface area contributed by atoms with Crippen molar-refractivity contribution in [2.75, 3.05) is 54.5 Å². The molecule has 1 aliphatic rings. The molecule has 6 nitrogen and oxygen atoms in total. The number of nitrogens with zero attached hydrogens (tertiary/aromatic N) is 2. The molecule has 0 saturated carbocycles. The number of quaternary nitrogens is 2. The van der Waals surface area contributed by atoms with E-state index < -0.39 is 9.84 Å². The minimum atomic E-state index is -3.56. The van der Waals surface area contributed by atoms with Crippen LogP contribution in [0.3, 0.4) is 0 Å². The molecule has 2 N–H and O–H groups in total. The van der Waals surface area contributed by atoms with Crippen LogP contribution in [0.2, 0.25) is 0 Å². The number of rotatable bonds is 8. The summed E-state index contributed by atoms with van der Waals surface area (Å²) in [7, 11) is 4.52. The van der Waals surface area contributed by atoms with Crippen LogP contribution in [0.15, 0.2) is 46.2 Å². The number of aliphatic hydroxyl groups excluding tert-OH is 2. The van der Waals surface area contributed by atoms with Gasteiger partial charge in [-0.25, -0.2) is 8.42 Å². The van der Waals surface area contributed by atoms with E-state index in [1.54, 1.807) is 12.1 Å². The van der Waals surface area contributed by atoms with Gasteiger partial charge in [0.2, 0.25) is 9.84 Å². The molecule has 0 unspecified atom stereocenters. The maximum Gasteiger partial charge on any atom is 0.207 e. The van der Waals surface area contributed by atoms with Gasteiger partial charge in [0.1, 0.15) is 26.2 Å². The molecule has 158 valence electrons. The molecule has 1 heterocycles. The molecule has 2 aromatic rings. The quantitative estimate of drug-likeness (QED) is 0.544. The molecule has 7 heteroatoms. The van der Waals surface area contributed by atoms with Gasteiger partial charge in [0.15, 0.2) is 0 Å². The number of sulfone groups is 1. The minimum Gasteiger partial charge on any atom is -0.391 e. The van der Waals surface area contributed by atoms with Gasteiger partial charge in [-0.2, -0.15) is 0 Å². The Kier molecular flexibility index (Phi) is 5.91. The highest BCUT2D eigenvalue weighted by Gasteiger charge is 2.34. The van der Waals surface area contributed by atoms with Crippen molar-refractivity contribution < 1.29 is 27.6 Å². The zero-order valence-electron chi connectivity index (χ0n) is 17.7. The third kappa shape index (κ3) is 4.54. The lowest BCUT2D eigenvalue weighted by molar-refractivity contribution is -0.903. The van der Waals surface area contributed by atoms with Crippen LogP contribution in [0.1, 0.15) is 11.1 Å². The monoisotopic (exact) mass is 420 g/mol. The van der Waals surface area contributed by atoms with Crippen molar-refractivity contribution >= 4 is 9.84 Å². The maximum absolute atomic E-state index is 13.3. The summed E-state index contributed by atoms with van der Waals surface area (Å²) in [5.74, 6) is 0. The lowest BCUT2D eigenvalue weighted by Gasteiger charge is -2.29. The third-order valence-electron chi connectivity index (χ3n) is 5.59. The fraction of sp³-hybridized carbons (Fsp3) is 0.455. The maximum atomic E-state index is 13.3. The Balaban J connectivity index is 1.96. The molecule has 0 aromatic heterocycles. The second-order valence-electron chi connectivity index (χ2n) is 9.25. The summed E-state index contributed by atoms with van der Waals surface area (Å²) < 4.78 is 27.7. The predicted octanol–water partition coefficient (Wildman–Crippen LogP) is 1.64. The van der Waals surface area contributed by atoms with E-state index in [0.29, 0.717) is 44.9 Å². The average Bonchev–Trinajstić information content (AvgIpc) is 2.81. The van der Waals surface area contributed by atoms with E-state index in [-0.39, 0.29) is 13.2 Å². The Hall–Kier alpha value is -1.77. The molecule has 0 bridgehead atoms. The van der Waals surface area contributed by atoms with Crippen LogP contribution in [-0.4, -0.2) is 82.1 Å². The normalized spacial score (nSPS) is 15.2. The Morgan fingerprint density at radius 1 is 0.724 bits per heavy atom. The highest BCUT2D eigenvalue weighted by atomic mass is 32.2. The van der Waals surface area contributed by atoms with Crippen LogP contribution in [0.5, 0.6) is 0 Å². The molecule has 0 radical (unpaired) electrons. The molecule has 3 rings (SSSR count). The van der Waals surface area contributed by atoms with Crippen molar-refractivity contribution in [1.82, 2.24) is 0 Å². The van der Waals surface area contributed by atoms with E-state index in [9.17, 15) is 18.6 Å². The van der Waals surface area contributed by atoms with Crippen LogP contribution >= 0.6 is 0 Å². The molecule has 0 amide bonds. The fourth-order valence-corrected chi connectivity index (χ4v) is 5.81. The Labute approximate surface area is 173 Å². The van der Waals surface area contributed by atoms with Gasteiger partial charge in [-0.1, -0.05) is 24.3 Å². The molecule has 0 spiro atoms. The molecule has 0 fully saturated rings. The summed E-state index contributed by atoms with van der Waals surface area (Å²) in [6.07, 6.45) is 0. The van der Waals surface area contributed by atoms with Gasteiger partial charge < -0.3 is 19.2 Å². The summed E-state index contributed by atoms with van der Waals surface area (Å²) in [5.41, 5.74) is 3.40. The number of fused-ring (bicyclic) bond motifs is 3. The van der Waals surface area contributed by atoms with Crippen LogP contribution < -0.4 is 0 Å². The van der Waals surface area contributed by atoms with E-state index in [1.165, 1.54) is 0 Å². The number of aliphatic hydroxyl groups is 2. The van der Waals surface area contributed by atoms with Crippen molar-refractivity contribution in [1.29, 1.82) is 0 Å². The molecular weight excluding hydrogens is 388 g/mol.